The van der Waals surface area contributed by atoms with E-state index in [1.54, 1.807) is 6.20 Å². The van der Waals surface area contributed by atoms with Crippen LogP contribution in [0.1, 0.15) is 23.8 Å². The summed E-state index contributed by atoms with van der Waals surface area (Å²) in [6.07, 6.45) is 5.62. The molecule has 4 nitrogen and oxygen atoms in total. The molecule has 2 rings (SSSR count). The Morgan fingerprint density at radius 2 is 2.38 bits per heavy atom. The van der Waals surface area contributed by atoms with Crippen LogP contribution in [0.25, 0.3) is 0 Å². The number of hydrogen-bond donors (Lipinski definition) is 1. The molecule has 13 heavy (non-hydrogen) atoms. The van der Waals surface area contributed by atoms with Crippen molar-refractivity contribution in [2.24, 2.45) is 5.92 Å². The number of carbonyl (C=O) groups is 1. The van der Waals surface area contributed by atoms with Gasteiger partial charge in [0.2, 0.25) is 0 Å². The first-order valence-electron chi connectivity index (χ1n) is 4.34. The molecule has 0 aromatic carbocycles. The van der Waals surface area contributed by atoms with Crippen LogP contribution < -0.4 is 5.32 Å². The van der Waals surface area contributed by atoms with Gasteiger partial charge in [-0.15, -0.1) is 0 Å². The Hall–Kier alpha value is -1.45. The molecular weight excluding hydrogens is 166 g/mol. The van der Waals surface area contributed by atoms with Gasteiger partial charge in [-0.25, -0.2) is 4.98 Å². The molecule has 1 N–H and O–H groups in total. The molecule has 1 aliphatic carbocycles. The van der Waals surface area contributed by atoms with Crippen molar-refractivity contribution in [2.75, 3.05) is 0 Å². The zero-order chi connectivity index (χ0) is 9.26. The van der Waals surface area contributed by atoms with Crippen LogP contribution in [0.15, 0.2) is 18.6 Å². The first kappa shape index (κ1) is 8.16. The largest absolute Gasteiger partial charge is 0.348 e. The van der Waals surface area contributed by atoms with Crippen molar-refractivity contribution in [3.8, 4) is 0 Å². The van der Waals surface area contributed by atoms with E-state index in [-0.39, 0.29) is 5.91 Å². The highest BCUT2D eigenvalue weighted by Gasteiger charge is 2.34. The minimum absolute atomic E-state index is 0.123. The number of amides is 1. The van der Waals surface area contributed by atoms with Gasteiger partial charge in [-0.3, -0.25) is 9.78 Å². The Bertz CT molecular complexity index is 312. The molecule has 1 amide bonds. The van der Waals surface area contributed by atoms with Gasteiger partial charge in [0.25, 0.3) is 5.91 Å². The number of nitrogens with one attached hydrogen (secondary N) is 1. The van der Waals surface area contributed by atoms with Gasteiger partial charge >= 0.3 is 0 Å². The molecule has 4 heteroatoms. The van der Waals surface area contributed by atoms with Gasteiger partial charge in [-0.05, 0) is 12.3 Å². The second kappa shape index (κ2) is 3.12. The summed E-state index contributed by atoms with van der Waals surface area (Å²) in [7, 11) is 0. The predicted octanol–water partition coefficient (Wildman–Crippen LogP) is 0.615. The van der Waals surface area contributed by atoms with E-state index in [9.17, 15) is 4.79 Å². The average Bonchev–Trinajstić information content (AvgIpc) is 2.83. The quantitative estimate of drug-likeness (QED) is 0.720. The van der Waals surface area contributed by atoms with Crippen molar-refractivity contribution >= 4 is 5.91 Å². The Kier molecular flexibility index (Phi) is 1.96. The van der Waals surface area contributed by atoms with Crippen molar-refractivity contribution in [3.05, 3.63) is 24.3 Å². The monoisotopic (exact) mass is 177 g/mol. The van der Waals surface area contributed by atoms with Crippen molar-refractivity contribution < 1.29 is 4.79 Å². The summed E-state index contributed by atoms with van der Waals surface area (Å²) in [5.41, 5.74) is 0.390. The first-order valence-corrected chi connectivity index (χ1v) is 4.34. The van der Waals surface area contributed by atoms with Crippen LogP contribution in [0.5, 0.6) is 0 Å². The third kappa shape index (κ3) is 1.83. The molecular formula is C9H11N3O. The lowest BCUT2D eigenvalue weighted by Crippen LogP contribution is -2.27. The average molecular weight is 177 g/mol. The SMILES string of the molecule is CC1CC1NC(=O)c1cnccn1. The van der Waals surface area contributed by atoms with E-state index in [0.29, 0.717) is 17.7 Å². The third-order valence-electron chi connectivity index (χ3n) is 2.22. The summed E-state index contributed by atoms with van der Waals surface area (Å²) in [5, 5.41) is 2.88. The van der Waals surface area contributed by atoms with Crippen LogP contribution in [0.2, 0.25) is 0 Å². The molecule has 1 heterocycles. The Balaban J connectivity index is 1.98. The van der Waals surface area contributed by atoms with Crippen LogP contribution in [0.4, 0.5) is 0 Å². The molecule has 1 fully saturated rings. The highest BCUT2D eigenvalue weighted by molar-refractivity contribution is 5.92. The fourth-order valence-corrected chi connectivity index (χ4v) is 1.18. The lowest BCUT2D eigenvalue weighted by Gasteiger charge is -2.01. The van der Waals surface area contributed by atoms with E-state index >= 15 is 0 Å². The molecule has 0 aliphatic heterocycles. The summed E-state index contributed by atoms with van der Waals surface area (Å²) >= 11 is 0. The lowest BCUT2D eigenvalue weighted by molar-refractivity contribution is 0.0944. The van der Waals surface area contributed by atoms with Crippen LogP contribution in [-0.4, -0.2) is 21.9 Å². The van der Waals surface area contributed by atoms with E-state index in [0.717, 1.165) is 6.42 Å². The second-order valence-electron chi connectivity index (χ2n) is 3.38. The van der Waals surface area contributed by atoms with Gasteiger partial charge in [0.05, 0.1) is 6.20 Å². The van der Waals surface area contributed by atoms with Crippen LogP contribution >= 0.6 is 0 Å². The van der Waals surface area contributed by atoms with E-state index in [4.69, 9.17) is 0 Å². The number of nitrogens with zero attached hydrogens (tertiary/aromatic N) is 2. The van der Waals surface area contributed by atoms with Gasteiger partial charge in [0, 0.05) is 18.4 Å². The van der Waals surface area contributed by atoms with Gasteiger partial charge in [-0.1, -0.05) is 6.92 Å². The molecule has 1 aromatic heterocycles. The maximum absolute atomic E-state index is 11.4. The van der Waals surface area contributed by atoms with Crippen molar-refractivity contribution in [1.29, 1.82) is 0 Å². The third-order valence-corrected chi connectivity index (χ3v) is 2.22. The highest BCUT2D eigenvalue weighted by Crippen LogP contribution is 2.28. The Morgan fingerprint density at radius 3 is 2.92 bits per heavy atom. The summed E-state index contributed by atoms with van der Waals surface area (Å²) in [5.74, 6) is 0.489. The molecule has 2 unspecified atom stereocenters. The smallest absolute Gasteiger partial charge is 0.271 e. The van der Waals surface area contributed by atoms with E-state index in [1.165, 1.54) is 12.4 Å². The molecule has 0 bridgehead atoms. The van der Waals surface area contributed by atoms with Crippen molar-refractivity contribution in [2.45, 2.75) is 19.4 Å². The number of rotatable bonds is 2. The van der Waals surface area contributed by atoms with E-state index < -0.39 is 0 Å². The Morgan fingerprint density at radius 1 is 1.62 bits per heavy atom. The van der Waals surface area contributed by atoms with Crippen LogP contribution in [0, 0.1) is 5.92 Å². The van der Waals surface area contributed by atoms with Crippen molar-refractivity contribution in [3.63, 3.8) is 0 Å². The minimum atomic E-state index is -0.123. The zero-order valence-electron chi connectivity index (χ0n) is 7.40. The van der Waals surface area contributed by atoms with Crippen molar-refractivity contribution in [1.82, 2.24) is 15.3 Å². The molecule has 2 atom stereocenters. The molecule has 1 saturated carbocycles. The summed E-state index contributed by atoms with van der Waals surface area (Å²) in [4.78, 5) is 19.2. The number of aromatic nitrogens is 2. The predicted molar refractivity (Wildman–Crippen MR) is 47.1 cm³/mol. The first-order chi connectivity index (χ1) is 6.27. The summed E-state index contributed by atoms with van der Waals surface area (Å²) in [6, 6.07) is 0.342. The van der Waals surface area contributed by atoms with Gasteiger partial charge in [0.1, 0.15) is 5.69 Å². The highest BCUT2D eigenvalue weighted by atomic mass is 16.2. The second-order valence-corrected chi connectivity index (χ2v) is 3.38. The minimum Gasteiger partial charge on any atom is -0.348 e. The zero-order valence-corrected chi connectivity index (χ0v) is 7.40. The van der Waals surface area contributed by atoms with Crippen LogP contribution in [-0.2, 0) is 0 Å². The fourth-order valence-electron chi connectivity index (χ4n) is 1.18. The normalized spacial score (nSPS) is 25.3. The maximum Gasteiger partial charge on any atom is 0.271 e. The topological polar surface area (TPSA) is 54.9 Å². The van der Waals surface area contributed by atoms with E-state index in [1.807, 2.05) is 0 Å². The standard InChI is InChI=1S/C9H11N3O/c1-6-4-7(6)12-9(13)8-5-10-2-3-11-8/h2-3,5-7H,4H2,1H3,(H,12,13). The molecule has 68 valence electrons. The fraction of sp³-hybridized carbons (Fsp3) is 0.444. The molecule has 0 spiro atoms. The summed E-state index contributed by atoms with van der Waals surface area (Å²) < 4.78 is 0. The molecule has 0 radical (unpaired) electrons. The van der Waals surface area contributed by atoms with Gasteiger partial charge in [-0.2, -0.15) is 0 Å². The molecule has 1 aromatic rings. The van der Waals surface area contributed by atoms with Gasteiger partial charge in [0.15, 0.2) is 0 Å². The van der Waals surface area contributed by atoms with E-state index in [2.05, 4.69) is 22.2 Å². The lowest BCUT2D eigenvalue weighted by atomic mass is 10.4. The number of hydrogen-bond acceptors (Lipinski definition) is 3. The number of carbonyl (C=O) groups excluding carboxylic acids is 1. The molecule has 0 saturated heterocycles. The maximum atomic E-state index is 11.4. The summed E-state index contributed by atoms with van der Waals surface area (Å²) in [6.45, 7) is 2.11. The van der Waals surface area contributed by atoms with Crippen LogP contribution in [0.3, 0.4) is 0 Å². The Labute approximate surface area is 76.4 Å². The molecule has 1 aliphatic rings. The van der Waals surface area contributed by atoms with Gasteiger partial charge < -0.3 is 5.32 Å².